The first kappa shape index (κ1) is 14.7. The van der Waals surface area contributed by atoms with Crippen LogP contribution in [-0.2, 0) is 20.4 Å². The largest absolute Gasteiger partial charge is 0.403 e. The van der Waals surface area contributed by atoms with Gasteiger partial charge in [0, 0.05) is 45.1 Å². The number of anilines is 2. The van der Waals surface area contributed by atoms with Gasteiger partial charge in [0.05, 0.1) is 11.5 Å². The van der Waals surface area contributed by atoms with E-state index in [2.05, 4.69) is 31.1 Å². The smallest absolute Gasteiger partial charge is 0.139 e. The Bertz CT molecular complexity index is 661. The van der Waals surface area contributed by atoms with E-state index in [4.69, 9.17) is 5.73 Å². The molecule has 1 unspecified atom stereocenters. The summed E-state index contributed by atoms with van der Waals surface area (Å²) in [6.45, 7) is 3.47. The van der Waals surface area contributed by atoms with Crippen molar-refractivity contribution in [3.63, 3.8) is 0 Å². The number of aromatic nitrogens is 4. The second-order valence-corrected chi connectivity index (χ2v) is 5.18. The minimum atomic E-state index is -0.349. The molecule has 105 valence electrons. The van der Waals surface area contributed by atoms with Gasteiger partial charge < -0.3 is 20.7 Å². The number of hydrogen-bond acceptors (Lipinski definition) is 6. The van der Waals surface area contributed by atoms with E-state index in [1.807, 2.05) is 6.92 Å². The molecule has 1 radical (unpaired) electrons. The zero-order chi connectivity index (χ0) is 13.5. The van der Waals surface area contributed by atoms with Crippen molar-refractivity contribution in [2.24, 2.45) is 5.41 Å². The minimum Gasteiger partial charge on any atom is -0.403 e. The Morgan fingerprint density at radius 3 is 3.05 bits per heavy atom. The number of nitrogens with zero attached hydrogens (tertiary/aromatic N) is 6. The Balaban J connectivity index is 0.00000147. The maximum absolute atomic E-state index is 9.28. The van der Waals surface area contributed by atoms with Gasteiger partial charge >= 0.3 is 0 Å². The Hall–Kier alpha value is -1.70. The van der Waals surface area contributed by atoms with Crippen molar-refractivity contribution in [3.8, 4) is 6.07 Å². The fraction of sp³-hybridized carbons (Fsp3) is 0.500. The Morgan fingerprint density at radius 1 is 1.50 bits per heavy atom. The van der Waals surface area contributed by atoms with Crippen molar-refractivity contribution >= 4 is 22.8 Å². The molecule has 20 heavy (non-hydrogen) atoms. The predicted octanol–water partition coefficient (Wildman–Crippen LogP) is 0.692. The third-order valence-corrected chi connectivity index (χ3v) is 3.53. The Morgan fingerprint density at radius 2 is 2.30 bits per heavy atom. The maximum Gasteiger partial charge on any atom is 0.139 e. The minimum absolute atomic E-state index is 0. The van der Waals surface area contributed by atoms with Crippen molar-refractivity contribution in [2.75, 3.05) is 23.7 Å². The summed E-state index contributed by atoms with van der Waals surface area (Å²) in [5.74, 6) is 0.918. The van der Waals surface area contributed by atoms with Crippen LogP contribution in [0.15, 0.2) is 6.20 Å². The predicted molar refractivity (Wildman–Crippen MR) is 70.2 cm³/mol. The molecule has 2 aromatic heterocycles. The molecule has 0 amide bonds. The zero-order valence-electron chi connectivity index (χ0n) is 11.0. The van der Waals surface area contributed by atoms with Gasteiger partial charge in [0.25, 0.3) is 0 Å². The van der Waals surface area contributed by atoms with Crippen LogP contribution in [-0.4, -0.2) is 28.2 Å². The molecule has 1 aliphatic rings. The normalized spacial score (nSPS) is 22.3. The summed E-state index contributed by atoms with van der Waals surface area (Å²) in [5, 5.41) is 17.8. The van der Waals surface area contributed by atoms with E-state index < -0.39 is 0 Å². The van der Waals surface area contributed by atoms with Crippen LogP contribution in [0.1, 0.15) is 19.8 Å². The average Bonchev–Trinajstić information content (AvgIpc) is 2.86. The van der Waals surface area contributed by atoms with Crippen LogP contribution in [0.3, 0.4) is 0 Å². The SMILES string of the molecule is CC1(C#N)CCCN(c2nc(N)nc3[n-]ncc23)C1.[Re]. The summed E-state index contributed by atoms with van der Waals surface area (Å²) in [4.78, 5) is 10.4. The summed E-state index contributed by atoms with van der Waals surface area (Å²) in [7, 11) is 0. The van der Waals surface area contributed by atoms with Crippen LogP contribution in [0.4, 0.5) is 11.8 Å². The topological polar surface area (TPSA) is 106 Å². The molecule has 2 aromatic rings. The average molecular weight is 442 g/mol. The molecule has 0 aromatic carbocycles. The Labute approximate surface area is 130 Å². The molecule has 1 fully saturated rings. The van der Waals surface area contributed by atoms with Gasteiger partial charge in [-0.15, -0.1) is 0 Å². The first-order valence-corrected chi connectivity index (χ1v) is 6.19. The molecular weight excluding hydrogens is 428 g/mol. The molecule has 3 rings (SSSR count). The molecule has 1 atom stereocenters. The number of rotatable bonds is 1. The quantitative estimate of drug-likeness (QED) is 0.693. The van der Waals surface area contributed by atoms with Gasteiger partial charge in [-0.2, -0.15) is 5.26 Å². The first-order valence-electron chi connectivity index (χ1n) is 6.19. The van der Waals surface area contributed by atoms with E-state index in [1.54, 1.807) is 6.20 Å². The molecule has 1 aliphatic heterocycles. The Kier molecular flexibility index (Phi) is 3.94. The van der Waals surface area contributed by atoms with E-state index in [0.29, 0.717) is 12.2 Å². The van der Waals surface area contributed by atoms with Gasteiger partial charge in [-0.3, -0.25) is 5.10 Å². The molecule has 0 bridgehead atoms. The number of nitrogens with two attached hydrogens (primary N) is 1. The molecule has 8 heteroatoms. The summed E-state index contributed by atoms with van der Waals surface area (Å²) in [5.41, 5.74) is 5.87. The van der Waals surface area contributed by atoms with Gasteiger partial charge in [0.1, 0.15) is 11.8 Å². The van der Waals surface area contributed by atoms with E-state index in [-0.39, 0.29) is 31.8 Å². The van der Waals surface area contributed by atoms with Crippen LogP contribution >= 0.6 is 0 Å². The summed E-state index contributed by atoms with van der Waals surface area (Å²) < 4.78 is 0. The zero-order valence-corrected chi connectivity index (χ0v) is 13.8. The van der Waals surface area contributed by atoms with Gasteiger partial charge in [-0.25, -0.2) is 4.98 Å². The fourth-order valence-electron chi connectivity index (χ4n) is 2.55. The van der Waals surface area contributed by atoms with Crippen LogP contribution in [0.2, 0.25) is 0 Å². The summed E-state index contributed by atoms with van der Waals surface area (Å²) in [6, 6.07) is 2.39. The van der Waals surface area contributed by atoms with Gasteiger partial charge in [-0.1, -0.05) is 0 Å². The third kappa shape index (κ3) is 2.47. The van der Waals surface area contributed by atoms with Crippen molar-refractivity contribution in [1.29, 1.82) is 5.26 Å². The summed E-state index contributed by atoms with van der Waals surface area (Å²) >= 11 is 0. The molecule has 0 saturated carbocycles. The van der Waals surface area contributed by atoms with Crippen LogP contribution < -0.4 is 15.7 Å². The summed E-state index contributed by atoms with van der Waals surface area (Å²) in [6.07, 6.45) is 3.50. The molecule has 0 aliphatic carbocycles. The first-order chi connectivity index (χ1) is 9.11. The second kappa shape index (κ2) is 5.36. The van der Waals surface area contributed by atoms with E-state index in [0.717, 1.165) is 30.6 Å². The van der Waals surface area contributed by atoms with E-state index >= 15 is 0 Å². The standard InChI is InChI=1S/C12H14N7.Re/c1-12(6-13)3-2-4-19(7-12)10-8-5-15-18-9(8)16-11(14)17-10;/h5H,2-4,7H2,1H3,(H2-,14,15,16,17,18);/q-1;. The number of nitriles is 1. The molecular formula is C12H14N7Re-. The van der Waals surface area contributed by atoms with Crippen molar-refractivity contribution in [2.45, 2.75) is 19.8 Å². The monoisotopic (exact) mass is 443 g/mol. The van der Waals surface area contributed by atoms with E-state index in [1.165, 1.54) is 0 Å². The molecule has 0 spiro atoms. The fourth-order valence-corrected chi connectivity index (χ4v) is 2.55. The van der Waals surface area contributed by atoms with Gasteiger partial charge in [0.15, 0.2) is 0 Å². The molecule has 3 heterocycles. The number of piperidine rings is 1. The van der Waals surface area contributed by atoms with Crippen LogP contribution in [0.25, 0.3) is 11.0 Å². The number of nitrogen functional groups attached to an aromatic ring is 1. The van der Waals surface area contributed by atoms with E-state index in [9.17, 15) is 5.26 Å². The van der Waals surface area contributed by atoms with Crippen molar-refractivity contribution in [1.82, 2.24) is 20.2 Å². The van der Waals surface area contributed by atoms with Crippen LogP contribution in [0, 0.1) is 16.7 Å². The van der Waals surface area contributed by atoms with Gasteiger partial charge in [-0.05, 0) is 25.4 Å². The van der Waals surface area contributed by atoms with Crippen molar-refractivity contribution < 1.29 is 20.4 Å². The maximum atomic E-state index is 9.28. The van der Waals surface area contributed by atoms with Crippen LogP contribution in [0.5, 0.6) is 0 Å². The molecule has 7 nitrogen and oxygen atoms in total. The number of hydrogen-bond donors (Lipinski definition) is 1. The van der Waals surface area contributed by atoms with Crippen molar-refractivity contribution in [3.05, 3.63) is 6.20 Å². The molecule has 1 saturated heterocycles. The van der Waals surface area contributed by atoms with Gasteiger partial charge in [0.2, 0.25) is 0 Å². The number of fused-ring (bicyclic) bond motifs is 1. The molecule has 2 N–H and O–H groups in total. The third-order valence-electron chi connectivity index (χ3n) is 3.53. The second-order valence-electron chi connectivity index (χ2n) is 5.18.